The SMILES string of the molecule is CCC1NCCCC1c1cc(F)cc(C(=O)NC[C@@H](N)C(=O)OC)c1. The van der Waals surface area contributed by atoms with Crippen molar-refractivity contribution in [1.82, 2.24) is 10.6 Å². The van der Waals surface area contributed by atoms with Gasteiger partial charge in [0.1, 0.15) is 11.9 Å². The summed E-state index contributed by atoms with van der Waals surface area (Å²) in [6, 6.07) is 3.74. The van der Waals surface area contributed by atoms with E-state index in [2.05, 4.69) is 22.3 Å². The molecule has 0 aliphatic carbocycles. The lowest BCUT2D eigenvalue weighted by Crippen LogP contribution is -2.43. The van der Waals surface area contributed by atoms with E-state index >= 15 is 0 Å². The minimum atomic E-state index is -0.950. The summed E-state index contributed by atoms with van der Waals surface area (Å²) in [5.74, 6) is -1.34. The molecule has 1 fully saturated rings. The monoisotopic (exact) mass is 351 g/mol. The highest BCUT2D eigenvalue weighted by Crippen LogP contribution is 2.30. The van der Waals surface area contributed by atoms with E-state index in [0.717, 1.165) is 31.4 Å². The topological polar surface area (TPSA) is 93.5 Å². The highest BCUT2D eigenvalue weighted by molar-refractivity contribution is 5.94. The summed E-state index contributed by atoms with van der Waals surface area (Å²) in [5, 5.41) is 6.00. The Kier molecular flexibility index (Phi) is 6.90. The van der Waals surface area contributed by atoms with Crippen LogP contribution in [0.3, 0.4) is 0 Å². The normalized spacial score (nSPS) is 21.4. The lowest BCUT2D eigenvalue weighted by atomic mass is 9.83. The number of ether oxygens (including phenoxy) is 1. The summed E-state index contributed by atoms with van der Waals surface area (Å²) in [6.07, 6.45) is 2.92. The average molecular weight is 351 g/mol. The summed E-state index contributed by atoms with van der Waals surface area (Å²) < 4.78 is 18.6. The van der Waals surface area contributed by atoms with Crippen LogP contribution < -0.4 is 16.4 Å². The summed E-state index contributed by atoms with van der Waals surface area (Å²) >= 11 is 0. The molecule has 25 heavy (non-hydrogen) atoms. The van der Waals surface area contributed by atoms with E-state index in [4.69, 9.17) is 5.73 Å². The number of carbonyl (C=O) groups is 2. The molecule has 1 aliphatic rings. The van der Waals surface area contributed by atoms with Gasteiger partial charge in [-0.15, -0.1) is 0 Å². The predicted octanol–water partition coefficient (Wildman–Crippen LogP) is 1.30. The Balaban J connectivity index is 2.12. The van der Waals surface area contributed by atoms with Crippen molar-refractivity contribution >= 4 is 11.9 Å². The standard InChI is InChI=1S/C18H26FN3O3/c1-3-16-14(5-4-6-21-16)11-7-12(9-13(19)8-11)17(23)22-10-15(20)18(24)25-2/h7-9,14-16,21H,3-6,10,20H2,1-2H3,(H,22,23)/t14?,15-,16?/m1/s1. The molecule has 0 bridgehead atoms. The average Bonchev–Trinajstić information content (AvgIpc) is 2.64. The van der Waals surface area contributed by atoms with Gasteiger partial charge in [0.15, 0.2) is 0 Å². The molecule has 138 valence electrons. The van der Waals surface area contributed by atoms with Gasteiger partial charge in [0.2, 0.25) is 0 Å². The zero-order valence-electron chi connectivity index (χ0n) is 14.7. The molecule has 7 heteroatoms. The predicted molar refractivity (Wildman–Crippen MR) is 92.8 cm³/mol. The van der Waals surface area contributed by atoms with E-state index in [1.54, 1.807) is 6.07 Å². The van der Waals surface area contributed by atoms with Crippen molar-refractivity contribution in [3.05, 3.63) is 35.1 Å². The number of amides is 1. The van der Waals surface area contributed by atoms with E-state index in [9.17, 15) is 14.0 Å². The molecule has 1 aliphatic heterocycles. The van der Waals surface area contributed by atoms with Gasteiger partial charge in [-0.05, 0) is 55.5 Å². The maximum absolute atomic E-state index is 14.1. The number of methoxy groups -OCH3 is 1. The van der Waals surface area contributed by atoms with Crippen LogP contribution in [0.15, 0.2) is 18.2 Å². The maximum atomic E-state index is 14.1. The maximum Gasteiger partial charge on any atom is 0.324 e. The second-order valence-electron chi connectivity index (χ2n) is 6.33. The van der Waals surface area contributed by atoms with E-state index in [-0.39, 0.29) is 24.1 Å². The molecule has 0 radical (unpaired) electrons. The smallest absolute Gasteiger partial charge is 0.324 e. The third-order valence-electron chi connectivity index (χ3n) is 4.62. The van der Waals surface area contributed by atoms with Crippen molar-refractivity contribution in [2.75, 3.05) is 20.2 Å². The second-order valence-corrected chi connectivity index (χ2v) is 6.33. The molecule has 0 spiro atoms. The first-order valence-electron chi connectivity index (χ1n) is 8.61. The molecule has 0 aromatic heterocycles. The highest BCUT2D eigenvalue weighted by atomic mass is 19.1. The third kappa shape index (κ3) is 4.99. The number of carbonyl (C=O) groups excluding carboxylic acids is 2. The summed E-state index contributed by atoms with van der Waals surface area (Å²) in [5.41, 5.74) is 6.65. The summed E-state index contributed by atoms with van der Waals surface area (Å²) in [7, 11) is 1.23. The molecular formula is C18H26FN3O3. The molecule has 6 nitrogen and oxygen atoms in total. The van der Waals surface area contributed by atoms with Crippen LogP contribution in [0.5, 0.6) is 0 Å². The van der Waals surface area contributed by atoms with Gasteiger partial charge in [-0.2, -0.15) is 0 Å². The first-order valence-corrected chi connectivity index (χ1v) is 8.61. The zero-order chi connectivity index (χ0) is 18.4. The molecule has 2 unspecified atom stereocenters. The number of hydrogen-bond donors (Lipinski definition) is 3. The Morgan fingerprint density at radius 1 is 1.44 bits per heavy atom. The zero-order valence-corrected chi connectivity index (χ0v) is 14.7. The second kappa shape index (κ2) is 8.92. The molecule has 3 atom stereocenters. The molecule has 1 aromatic carbocycles. The minimum Gasteiger partial charge on any atom is -0.468 e. The molecule has 0 saturated carbocycles. The fourth-order valence-corrected chi connectivity index (χ4v) is 3.28. The number of piperidine rings is 1. The van der Waals surface area contributed by atoms with Crippen LogP contribution in [0.4, 0.5) is 4.39 Å². The van der Waals surface area contributed by atoms with E-state index < -0.39 is 23.7 Å². The summed E-state index contributed by atoms with van der Waals surface area (Å²) in [4.78, 5) is 23.6. The number of esters is 1. The van der Waals surface area contributed by atoms with Gasteiger partial charge in [0, 0.05) is 18.2 Å². The molecule has 1 heterocycles. The number of halogens is 1. The fraction of sp³-hybridized carbons (Fsp3) is 0.556. The van der Waals surface area contributed by atoms with E-state index in [1.807, 2.05) is 0 Å². The summed E-state index contributed by atoms with van der Waals surface area (Å²) in [6.45, 7) is 2.99. The first kappa shape index (κ1) is 19.3. The molecule has 2 rings (SSSR count). The highest BCUT2D eigenvalue weighted by Gasteiger charge is 2.26. The quantitative estimate of drug-likeness (QED) is 0.672. The Labute approximate surface area is 147 Å². The van der Waals surface area contributed by atoms with Crippen molar-refractivity contribution in [3.8, 4) is 0 Å². The lowest BCUT2D eigenvalue weighted by Gasteiger charge is -2.32. The Hall–Kier alpha value is -1.99. The van der Waals surface area contributed by atoms with Crippen molar-refractivity contribution in [2.45, 2.75) is 44.2 Å². The van der Waals surface area contributed by atoms with Crippen molar-refractivity contribution in [1.29, 1.82) is 0 Å². The van der Waals surface area contributed by atoms with Gasteiger partial charge in [0.05, 0.1) is 7.11 Å². The van der Waals surface area contributed by atoms with Crippen LogP contribution >= 0.6 is 0 Å². The van der Waals surface area contributed by atoms with Gasteiger partial charge in [0.25, 0.3) is 5.91 Å². The number of hydrogen-bond acceptors (Lipinski definition) is 5. The van der Waals surface area contributed by atoms with Crippen molar-refractivity contribution < 1.29 is 18.7 Å². The van der Waals surface area contributed by atoms with Gasteiger partial charge in [-0.25, -0.2) is 4.39 Å². The number of rotatable bonds is 6. The molecule has 1 amide bonds. The van der Waals surface area contributed by atoms with Gasteiger partial charge >= 0.3 is 5.97 Å². The molecule has 4 N–H and O–H groups in total. The fourth-order valence-electron chi connectivity index (χ4n) is 3.28. The van der Waals surface area contributed by atoms with Crippen LogP contribution in [0.2, 0.25) is 0 Å². The van der Waals surface area contributed by atoms with Crippen LogP contribution in [0.1, 0.15) is 48.0 Å². The number of nitrogens with two attached hydrogens (primary N) is 1. The minimum absolute atomic E-state index is 0.0695. The molecular weight excluding hydrogens is 325 g/mol. The van der Waals surface area contributed by atoms with Crippen LogP contribution in [0.25, 0.3) is 0 Å². The number of benzene rings is 1. The first-order chi connectivity index (χ1) is 12.0. The van der Waals surface area contributed by atoms with Crippen LogP contribution in [0, 0.1) is 5.82 Å². The Bertz CT molecular complexity index is 624. The number of nitrogens with one attached hydrogen (secondary N) is 2. The van der Waals surface area contributed by atoms with E-state index in [0.29, 0.717) is 0 Å². The lowest BCUT2D eigenvalue weighted by molar-refractivity contribution is -0.141. The van der Waals surface area contributed by atoms with Gasteiger partial charge < -0.3 is 21.1 Å². The van der Waals surface area contributed by atoms with Gasteiger partial charge in [-0.1, -0.05) is 6.92 Å². The molecule has 1 saturated heterocycles. The van der Waals surface area contributed by atoms with E-state index in [1.165, 1.54) is 19.2 Å². The largest absolute Gasteiger partial charge is 0.468 e. The Morgan fingerprint density at radius 2 is 2.20 bits per heavy atom. The van der Waals surface area contributed by atoms with Crippen LogP contribution in [-0.4, -0.2) is 44.2 Å². The van der Waals surface area contributed by atoms with Crippen molar-refractivity contribution in [3.63, 3.8) is 0 Å². The van der Waals surface area contributed by atoms with Gasteiger partial charge in [-0.3, -0.25) is 9.59 Å². The molecule has 1 aromatic rings. The Morgan fingerprint density at radius 3 is 2.88 bits per heavy atom. The van der Waals surface area contributed by atoms with Crippen molar-refractivity contribution in [2.24, 2.45) is 5.73 Å². The van der Waals surface area contributed by atoms with Crippen LogP contribution in [-0.2, 0) is 9.53 Å². The third-order valence-corrected chi connectivity index (χ3v) is 4.62.